The van der Waals surface area contributed by atoms with Crippen molar-refractivity contribution in [2.45, 2.75) is 31.1 Å². The second-order valence-corrected chi connectivity index (χ2v) is 10.4. The zero-order valence-electron chi connectivity index (χ0n) is 19.6. The van der Waals surface area contributed by atoms with Crippen molar-refractivity contribution in [2.24, 2.45) is 10.1 Å². The molecule has 2 aliphatic rings. The van der Waals surface area contributed by atoms with Crippen molar-refractivity contribution in [3.8, 4) is 0 Å². The summed E-state index contributed by atoms with van der Waals surface area (Å²) in [5.41, 5.74) is 4.04. The number of benzene rings is 3. The number of hydrogen-bond donors (Lipinski definition) is 1. The van der Waals surface area contributed by atoms with E-state index >= 15 is 0 Å². The van der Waals surface area contributed by atoms with Crippen LogP contribution < -0.4 is 5.32 Å². The van der Waals surface area contributed by atoms with Crippen LogP contribution in [-0.2, 0) is 9.59 Å². The van der Waals surface area contributed by atoms with E-state index in [9.17, 15) is 18.4 Å². The van der Waals surface area contributed by atoms with Gasteiger partial charge in [-0.05, 0) is 42.3 Å². The van der Waals surface area contributed by atoms with Gasteiger partial charge in [-0.1, -0.05) is 65.3 Å². The molecular formula is C27H21ClF2N4O2S. The van der Waals surface area contributed by atoms with E-state index in [4.69, 9.17) is 16.7 Å². The Balaban J connectivity index is 1.34. The summed E-state index contributed by atoms with van der Waals surface area (Å²) in [6.45, 7) is 2.02. The first kappa shape index (κ1) is 25.1. The number of hydrazone groups is 1. The van der Waals surface area contributed by atoms with Crippen molar-refractivity contribution >= 4 is 51.7 Å². The molecule has 0 bridgehead atoms. The van der Waals surface area contributed by atoms with Gasteiger partial charge in [0.2, 0.25) is 5.91 Å². The molecule has 1 N–H and O–H groups in total. The molecule has 0 saturated heterocycles. The van der Waals surface area contributed by atoms with Gasteiger partial charge in [0.1, 0.15) is 5.25 Å². The standard InChI is InChI=1S/C27H21ClF2N4O2S/c1-15-2-4-16(5-3-15)22-13-23(17-6-8-18(28)9-7-17)34(33-22)27-32-26(36)24(37-27)14-25(35)31-19-10-11-20(29)21(30)12-19/h2-12,23-24H,13-14H2,1H3,(H,31,35)/t23-,24+/m1/s1. The molecule has 0 aliphatic carbocycles. The van der Waals surface area contributed by atoms with E-state index in [0.717, 1.165) is 46.3 Å². The van der Waals surface area contributed by atoms with Crippen LogP contribution in [0.5, 0.6) is 0 Å². The molecule has 0 spiro atoms. The summed E-state index contributed by atoms with van der Waals surface area (Å²) in [5.74, 6) is -3.04. The Morgan fingerprint density at radius 3 is 2.51 bits per heavy atom. The summed E-state index contributed by atoms with van der Waals surface area (Å²) >= 11 is 7.25. The van der Waals surface area contributed by atoms with Crippen LogP contribution in [-0.4, -0.2) is 33.0 Å². The maximum atomic E-state index is 13.5. The van der Waals surface area contributed by atoms with Gasteiger partial charge in [-0.2, -0.15) is 10.1 Å². The van der Waals surface area contributed by atoms with Gasteiger partial charge in [-0.3, -0.25) is 9.59 Å². The molecule has 3 aromatic rings. The van der Waals surface area contributed by atoms with Crippen molar-refractivity contribution < 1.29 is 18.4 Å². The number of carbonyl (C=O) groups excluding carboxylic acids is 2. The summed E-state index contributed by atoms with van der Waals surface area (Å²) in [7, 11) is 0. The highest BCUT2D eigenvalue weighted by Crippen LogP contribution is 2.39. The van der Waals surface area contributed by atoms with E-state index in [0.29, 0.717) is 16.6 Å². The topological polar surface area (TPSA) is 74.1 Å². The number of nitrogens with one attached hydrogen (secondary N) is 1. The lowest BCUT2D eigenvalue weighted by molar-refractivity contribution is -0.121. The third kappa shape index (κ3) is 5.57. The molecule has 0 saturated carbocycles. The van der Waals surface area contributed by atoms with E-state index < -0.39 is 28.7 Å². The molecule has 5 rings (SSSR count). The summed E-state index contributed by atoms with van der Waals surface area (Å²) in [5, 5.41) is 9.30. The van der Waals surface area contributed by atoms with Crippen molar-refractivity contribution in [2.75, 3.05) is 5.32 Å². The Bertz CT molecular complexity index is 1430. The number of amidine groups is 1. The van der Waals surface area contributed by atoms with Gasteiger partial charge < -0.3 is 5.32 Å². The number of thioether (sulfide) groups is 1. The van der Waals surface area contributed by atoms with Gasteiger partial charge in [0, 0.05) is 29.6 Å². The Morgan fingerprint density at radius 2 is 1.81 bits per heavy atom. The molecule has 2 amide bonds. The van der Waals surface area contributed by atoms with Crippen LogP contribution in [0.4, 0.5) is 14.5 Å². The highest BCUT2D eigenvalue weighted by atomic mass is 35.5. The maximum Gasteiger partial charge on any atom is 0.262 e. The summed E-state index contributed by atoms with van der Waals surface area (Å²) in [6.07, 6.45) is 0.420. The molecule has 3 aromatic carbocycles. The van der Waals surface area contributed by atoms with Gasteiger partial charge in [-0.25, -0.2) is 13.8 Å². The largest absolute Gasteiger partial charge is 0.326 e. The van der Waals surface area contributed by atoms with E-state index in [1.54, 1.807) is 17.1 Å². The van der Waals surface area contributed by atoms with E-state index in [1.807, 2.05) is 43.3 Å². The Morgan fingerprint density at radius 1 is 1.08 bits per heavy atom. The molecule has 10 heteroatoms. The fourth-order valence-corrected chi connectivity index (χ4v) is 5.30. The van der Waals surface area contributed by atoms with Gasteiger partial charge in [0.05, 0.1) is 11.8 Å². The third-order valence-electron chi connectivity index (χ3n) is 6.05. The van der Waals surface area contributed by atoms with Crippen molar-refractivity contribution in [1.82, 2.24) is 5.01 Å². The van der Waals surface area contributed by atoms with Crippen LogP contribution in [0.15, 0.2) is 76.8 Å². The minimum Gasteiger partial charge on any atom is -0.326 e. The number of aryl methyl sites for hydroxylation is 1. The average molecular weight is 539 g/mol. The normalized spacial score (nSPS) is 19.1. The lowest BCUT2D eigenvalue weighted by Crippen LogP contribution is -2.25. The van der Waals surface area contributed by atoms with E-state index in [-0.39, 0.29) is 18.2 Å². The number of hydrogen-bond acceptors (Lipinski definition) is 5. The Hall–Kier alpha value is -3.56. The van der Waals surface area contributed by atoms with Crippen molar-refractivity contribution in [3.63, 3.8) is 0 Å². The minimum atomic E-state index is -1.07. The first-order valence-corrected chi connectivity index (χ1v) is 12.8. The summed E-state index contributed by atoms with van der Waals surface area (Å²) < 4.78 is 26.6. The van der Waals surface area contributed by atoms with Crippen LogP contribution in [0.3, 0.4) is 0 Å². The first-order chi connectivity index (χ1) is 17.8. The Labute approximate surface area is 221 Å². The maximum absolute atomic E-state index is 13.5. The van der Waals surface area contributed by atoms with Crippen molar-refractivity contribution in [3.05, 3.63) is 100 Å². The number of amides is 2. The smallest absolute Gasteiger partial charge is 0.262 e. The second-order valence-electron chi connectivity index (χ2n) is 8.75. The molecule has 188 valence electrons. The monoisotopic (exact) mass is 538 g/mol. The third-order valence-corrected chi connectivity index (χ3v) is 7.44. The SMILES string of the molecule is Cc1ccc(C2=NN(C3=NC(=O)[C@H](CC(=O)Nc4ccc(F)c(F)c4)S3)[C@@H](c3ccc(Cl)cc3)C2)cc1. The highest BCUT2D eigenvalue weighted by Gasteiger charge is 2.39. The predicted octanol–water partition coefficient (Wildman–Crippen LogP) is 6.10. The van der Waals surface area contributed by atoms with Crippen LogP contribution in [0, 0.1) is 18.6 Å². The number of carbonyl (C=O) groups is 2. The van der Waals surface area contributed by atoms with E-state index in [2.05, 4.69) is 10.3 Å². The molecule has 37 heavy (non-hydrogen) atoms. The van der Waals surface area contributed by atoms with Crippen LogP contribution in [0.25, 0.3) is 0 Å². The highest BCUT2D eigenvalue weighted by molar-refractivity contribution is 8.15. The number of rotatable bonds is 5. The van der Waals surface area contributed by atoms with Gasteiger partial charge in [-0.15, -0.1) is 0 Å². The molecule has 2 heterocycles. The predicted molar refractivity (Wildman–Crippen MR) is 142 cm³/mol. The molecular weight excluding hydrogens is 518 g/mol. The number of halogens is 3. The quantitative estimate of drug-likeness (QED) is 0.426. The molecule has 0 aromatic heterocycles. The Kier molecular flexibility index (Phi) is 7.08. The number of anilines is 1. The molecule has 2 aliphatic heterocycles. The van der Waals surface area contributed by atoms with E-state index in [1.165, 1.54) is 6.07 Å². The molecule has 0 unspecified atom stereocenters. The number of nitrogens with zero attached hydrogens (tertiary/aromatic N) is 3. The zero-order valence-corrected chi connectivity index (χ0v) is 21.2. The summed E-state index contributed by atoms with van der Waals surface area (Å²) in [6, 6.07) is 18.4. The number of aliphatic imine (C=N–C) groups is 1. The molecule has 6 nitrogen and oxygen atoms in total. The van der Waals surface area contributed by atoms with Crippen LogP contribution in [0.2, 0.25) is 5.02 Å². The van der Waals surface area contributed by atoms with Gasteiger partial charge >= 0.3 is 0 Å². The van der Waals surface area contributed by atoms with Gasteiger partial charge in [0.15, 0.2) is 16.8 Å². The minimum absolute atomic E-state index is 0.107. The van der Waals surface area contributed by atoms with Gasteiger partial charge in [0.25, 0.3) is 5.91 Å². The van der Waals surface area contributed by atoms with Crippen molar-refractivity contribution in [1.29, 1.82) is 0 Å². The fraction of sp³-hybridized carbons (Fsp3) is 0.185. The molecule has 2 atom stereocenters. The lowest BCUT2D eigenvalue weighted by atomic mass is 9.98. The average Bonchev–Trinajstić information content (AvgIpc) is 3.46. The summed E-state index contributed by atoms with van der Waals surface area (Å²) in [4.78, 5) is 29.5. The molecule has 0 fully saturated rings. The first-order valence-electron chi connectivity index (χ1n) is 11.5. The zero-order chi connectivity index (χ0) is 26.1. The fourth-order valence-electron chi connectivity index (χ4n) is 4.11. The second kappa shape index (κ2) is 10.4. The lowest BCUT2D eigenvalue weighted by Gasteiger charge is -2.23. The van der Waals surface area contributed by atoms with Crippen LogP contribution in [0.1, 0.15) is 35.6 Å². The molecule has 0 radical (unpaired) electrons. The van der Waals surface area contributed by atoms with Crippen LogP contribution >= 0.6 is 23.4 Å².